The van der Waals surface area contributed by atoms with Crippen LogP contribution in [0.3, 0.4) is 0 Å². The first-order valence-corrected chi connectivity index (χ1v) is 4.84. The van der Waals surface area contributed by atoms with E-state index in [0.29, 0.717) is 6.54 Å². The topological polar surface area (TPSA) is 58.2 Å². The molecule has 15 heavy (non-hydrogen) atoms. The predicted molar refractivity (Wildman–Crippen MR) is 57.4 cm³/mol. The molecule has 0 bridgehead atoms. The molecule has 3 amide bonds. The van der Waals surface area contributed by atoms with Crippen LogP contribution >= 0.6 is 0 Å². The molecule has 0 atom stereocenters. The average molecular weight is 206 g/mol. The Morgan fingerprint density at radius 1 is 1.20 bits per heavy atom. The first-order chi connectivity index (χ1) is 7.22. The minimum absolute atomic E-state index is 0.220. The Morgan fingerprint density at radius 3 is 2.47 bits per heavy atom. The number of nitrogens with one attached hydrogen (secondary N) is 2. The second kappa shape index (κ2) is 5.80. The smallest absolute Gasteiger partial charge is 0.321 e. The second-order valence-corrected chi connectivity index (χ2v) is 3.07. The Balaban J connectivity index is 2.40. The van der Waals surface area contributed by atoms with Crippen LogP contribution < -0.4 is 10.6 Å². The SMILES string of the molecule is CCNC(=O)NC(=O)Cc1ccccc1. The number of carbonyl (C=O) groups is 2. The van der Waals surface area contributed by atoms with E-state index in [-0.39, 0.29) is 12.3 Å². The van der Waals surface area contributed by atoms with Crippen LogP contribution in [0.2, 0.25) is 0 Å². The molecule has 0 spiro atoms. The third kappa shape index (κ3) is 4.26. The third-order valence-corrected chi connectivity index (χ3v) is 1.80. The average Bonchev–Trinajstić information content (AvgIpc) is 2.19. The standard InChI is InChI=1S/C11H14N2O2/c1-2-12-11(15)13-10(14)8-9-6-4-3-5-7-9/h3-7H,2,8H2,1H3,(H2,12,13,14,15). The van der Waals surface area contributed by atoms with E-state index in [1.165, 1.54) is 0 Å². The van der Waals surface area contributed by atoms with Crippen molar-refractivity contribution in [2.45, 2.75) is 13.3 Å². The minimum atomic E-state index is -0.446. The summed E-state index contributed by atoms with van der Waals surface area (Å²) in [5.41, 5.74) is 0.888. The van der Waals surface area contributed by atoms with Gasteiger partial charge in [0, 0.05) is 6.54 Å². The van der Waals surface area contributed by atoms with Crippen LogP contribution in [0.4, 0.5) is 4.79 Å². The van der Waals surface area contributed by atoms with Crippen LogP contribution in [0, 0.1) is 0 Å². The number of benzene rings is 1. The summed E-state index contributed by atoms with van der Waals surface area (Å²) in [6, 6.07) is 8.84. The third-order valence-electron chi connectivity index (χ3n) is 1.80. The molecular weight excluding hydrogens is 192 g/mol. The van der Waals surface area contributed by atoms with Crippen LogP contribution in [-0.4, -0.2) is 18.5 Å². The number of urea groups is 1. The molecule has 0 aliphatic heterocycles. The molecule has 2 N–H and O–H groups in total. The molecule has 1 rings (SSSR count). The van der Waals surface area contributed by atoms with Crippen LogP contribution in [0.5, 0.6) is 0 Å². The Bertz CT molecular complexity index is 336. The summed E-state index contributed by atoms with van der Waals surface area (Å²) in [5.74, 6) is -0.299. The van der Waals surface area contributed by atoms with Gasteiger partial charge in [0.2, 0.25) is 5.91 Å². The fourth-order valence-corrected chi connectivity index (χ4v) is 1.16. The number of carbonyl (C=O) groups excluding carboxylic acids is 2. The van der Waals surface area contributed by atoms with Gasteiger partial charge in [0.15, 0.2) is 0 Å². The maximum Gasteiger partial charge on any atom is 0.321 e. The van der Waals surface area contributed by atoms with E-state index in [9.17, 15) is 9.59 Å². The van der Waals surface area contributed by atoms with E-state index in [1.54, 1.807) is 6.92 Å². The number of rotatable bonds is 3. The summed E-state index contributed by atoms with van der Waals surface area (Å²) < 4.78 is 0. The van der Waals surface area contributed by atoms with E-state index >= 15 is 0 Å². The van der Waals surface area contributed by atoms with Crippen LogP contribution in [-0.2, 0) is 11.2 Å². The Labute approximate surface area is 88.7 Å². The van der Waals surface area contributed by atoms with Gasteiger partial charge in [0.05, 0.1) is 6.42 Å². The zero-order valence-corrected chi connectivity index (χ0v) is 8.62. The van der Waals surface area contributed by atoms with Gasteiger partial charge in [-0.05, 0) is 12.5 Å². The van der Waals surface area contributed by atoms with Crippen LogP contribution in [0.15, 0.2) is 30.3 Å². The van der Waals surface area contributed by atoms with E-state index < -0.39 is 6.03 Å². The van der Waals surface area contributed by atoms with Crippen molar-refractivity contribution in [1.82, 2.24) is 10.6 Å². The molecule has 0 fully saturated rings. The van der Waals surface area contributed by atoms with Crippen molar-refractivity contribution in [3.63, 3.8) is 0 Å². The molecule has 0 aliphatic rings. The minimum Gasteiger partial charge on any atom is -0.338 e. The molecule has 1 aromatic carbocycles. The summed E-state index contributed by atoms with van der Waals surface area (Å²) in [7, 11) is 0. The van der Waals surface area contributed by atoms with Crippen molar-refractivity contribution in [1.29, 1.82) is 0 Å². The van der Waals surface area contributed by atoms with Crippen LogP contribution in [0.25, 0.3) is 0 Å². The monoisotopic (exact) mass is 206 g/mol. The molecule has 1 aromatic rings. The lowest BCUT2D eigenvalue weighted by atomic mass is 10.1. The highest BCUT2D eigenvalue weighted by Crippen LogP contribution is 1.98. The molecule has 4 nitrogen and oxygen atoms in total. The van der Waals surface area contributed by atoms with E-state index in [2.05, 4.69) is 10.6 Å². The van der Waals surface area contributed by atoms with Crippen molar-refractivity contribution in [3.8, 4) is 0 Å². The predicted octanol–water partition coefficient (Wildman–Crippen LogP) is 1.07. The Kier molecular flexibility index (Phi) is 4.34. The van der Waals surface area contributed by atoms with Crippen molar-refractivity contribution in [3.05, 3.63) is 35.9 Å². The van der Waals surface area contributed by atoms with Gasteiger partial charge in [-0.2, -0.15) is 0 Å². The number of amides is 3. The zero-order chi connectivity index (χ0) is 11.1. The van der Waals surface area contributed by atoms with Gasteiger partial charge >= 0.3 is 6.03 Å². The second-order valence-electron chi connectivity index (χ2n) is 3.07. The highest BCUT2D eigenvalue weighted by molar-refractivity contribution is 5.95. The summed E-state index contributed by atoms with van der Waals surface area (Å²) in [6.07, 6.45) is 0.220. The molecule has 0 saturated carbocycles. The van der Waals surface area contributed by atoms with E-state index in [1.807, 2.05) is 30.3 Å². The van der Waals surface area contributed by atoms with Crippen molar-refractivity contribution < 1.29 is 9.59 Å². The maximum atomic E-state index is 11.3. The Morgan fingerprint density at radius 2 is 1.87 bits per heavy atom. The molecular formula is C11H14N2O2. The number of hydrogen-bond acceptors (Lipinski definition) is 2. The first kappa shape index (κ1) is 11.2. The lowest BCUT2D eigenvalue weighted by Crippen LogP contribution is -2.39. The van der Waals surface area contributed by atoms with Crippen molar-refractivity contribution in [2.24, 2.45) is 0 Å². The van der Waals surface area contributed by atoms with Crippen molar-refractivity contribution >= 4 is 11.9 Å². The molecule has 0 radical (unpaired) electrons. The summed E-state index contributed by atoms with van der Waals surface area (Å²) in [5, 5.41) is 4.73. The molecule has 0 aromatic heterocycles. The largest absolute Gasteiger partial charge is 0.338 e. The highest BCUT2D eigenvalue weighted by atomic mass is 16.2. The number of imide groups is 1. The molecule has 4 heteroatoms. The summed E-state index contributed by atoms with van der Waals surface area (Å²) in [4.78, 5) is 22.3. The quantitative estimate of drug-likeness (QED) is 0.777. The van der Waals surface area contributed by atoms with Gasteiger partial charge < -0.3 is 5.32 Å². The van der Waals surface area contributed by atoms with Crippen molar-refractivity contribution in [2.75, 3.05) is 6.54 Å². The molecule has 0 saturated heterocycles. The first-order valence-electron chi connectivity index (χ1n) is 4.84. The fourth-order valence-electron chi connectivity index (χ4n) is 1.16. The highest BCUT2D eigenvalue weighted by Gasteiger charge is 2.06. The lowest BCUT2D eigenvalue weighted by molar-refractivity contribution is -0.119. The lowest BCUT2D eigenvalue weighted by Gasteiger charge is -2.04. The van der Waals surface area contributed by atoms with Gasteiger partial charge in [-0.3, -0.25) is 10.1 Å². The zero-order valence-electron chi connectivity index (χ0n) is 8.62. The van der Waals surface area contributed by atoms with Gasteiger partial charge in [-0.15, -0.1) is 0 Å². The normalized spacial score (nSPS) is 9.40. The molecule has 80 valence electrons. The van der Waals surface area contributed by atoms with E-state index in [0.717, 1.165) is 5.56 Å². The molecule has 0 heterocycles. The fraction of sp³-hybridized carbons (Fsp3) is 0.273. The maximum absolute atomic E-state index is 11.3. The number of hydrogen-bond donors (Lipinski definition) is 2. The molecule has 0 aliphatic carbocycles. The van der Waals surface area contributed by atoms with Crippen LogP contribution in [0.1, 0.15) is 12.5 Å². The van der Waals surface area contributed by atoms with Gasteiger partial charge in [0.1, 0.15) is 0 Å². The Hall–Kier alpha value is -1.84. The summed E-state index contributed by atoms with van der Waals surface area (Å²) >= 11 is 0. The van der Waals surface area contributed by atoms with Gasteiger partial charge in [-0.25, -0.2) is 4.79 Å². The molecule has 0 unspecified atom stereocenters. The summed E-state index contributed by atoms with van der Waals surface area (Å²) in [6.45, 7) is 2.30. The van der Waals surface area contributed by atoms with Gasteiger partial charge in [-0.1, -0.05) is 30.3 Å². The van der Waals surface area contributed by atoms with E-state index in [4.69, 9.17) is 0 Å². The van der Waals surface area contributed by atoms with Gasteiger partial charge in [0.25, 0.3) is 0 Å².